The van der Waals surface area contributed by atoms with Crippen molar-refractivity contribution in [1.82, 2.24) is 10.6 Å². The molecule has 1 rings (SSSR count). The molecule has 118 valence electrons. The van der Waals surface area contributed by atoms with Gasteiger partial charge in [0.2, 0.25) is 5.91 Å². The fourth-order valence-corrected chi connectivity index (χ4v) is 3.42. The number of carbonyl (C=O) groups is 1. The molecule has 1 aliphatic carbocycles. The lowest BCUT2D eigenvalue weighted by atomic mass is 9.79. The summed E-state index contributed by atoms with van der Waals surface area (Å²) in [7, 11) is 2.01. The van der Waals surface area contributed by atoms with Gasteiger partial charge in [-0.3, -0.25) is 4.79 Å². The van der Waals surface area contributed by atoms with Crippen molar-refractivity contribution in [2.45, 2.75) is 96.1 Å². The molecule has 0 radical (unpaired) electrons. The Morgan fingerprint density at radius 3 is 2.35 bits per heavy atom. The van der Waals surface area contributed by atoms with Gasteiger partial charge in [0.25, 0.3) is 0 Å². The lowest BCUT2D eigenvalue weighted by molar-refractivity contribution is -0.123. The van der Waals surface area contributed by atoms with Gasteiger partial charge in [-0.15, -0.1) is 0 Å². The molecule has 3 nitrogen and oxygen atoms in total. The zero-order valence-corrected chi connectivity index (χ0v) is 13.8. The number of carbonyl (C=O) groups excluding carboxylic acids is 1. The molecule has 0 saturated heterocycles. The summed E-state index contributed by atoms with van der Waals surface area (Å²) < 4.78 is 0. The largest absolute Gasteiger partial charge is 0.353 e. The highest BCUT2D eigenvalue weighted by molar-refractivity contribution is 5.77. The molecule has 3 heteroatoms. The molecule has 0 aromatic rings. The van der Waals surface area contributed by atoms with Crippen molar-refractivity contribution in [2.75, 3.05) is 7.05 Å². The van der Waals surface area contributed by atoms with E-state index in [0.717, 1.165) is 32.1 Å². The van der Waals surface area contributed by atoms with Crippen LogP contribution in [0.15, 0.2) is 0 Å². The molecule has 1 unspecified atom stereocenters. The number of nitrogens with one attached hydrogen (secondary N) is 2. The van der Waals surface area contributed by atoms with Crippen LogP contribution in [-0.2, 0) is 4.79 Å². The molecule has 1 atom stereocenters. The van der Waals surface area contributed by atoms with Crippen LogP contribution in [-0.4, -0.2) is 24.5 Å². The molecule has 0 aromatic heterocycles. The highest BCUT2D eigenvalue weighted by Gasteiger charge is 2.32. The van der Waals surface area contributed by atoms with E-state index in [1.807, 2.05) is 7.05 Å². The fraction of sp³-hybridized carbons (Fsp3) is 0.941. The van der Waals surface area contributed by atoms with E-state index < -0.39 is 0 Å². The Bertz CT molecular complexity index is 272. The minimum Gasteiger partial charge on any atom is -0.353 e. The van der Waals surface area contributed by atoms with Crippen molar-refractivity contribution in [2.24, 2.45) is 0 Å². The Kier molecular flexibility index (Phi) is 8.20. The average molecular weight is 282 g/mol. The zero-order valence-electron chi connectivity index (χ0n) is 13.8. The van der Waals surface area contributed by atoms with Crippen LogP contribution < -0.4 is 10.6 Å². The molecule has 0 aromatic carbocycles. The first-order valence-corrected chi connectivity index (χ1v) is 8.64. The first-order valence-electron chi connectivity index (χ1n) is 8.64. The lowest BCUT2D eigenvalue weighted by Crippen LogP contribution is -2.49. The van der Waals surface area contributed by atoms with E-state index in [1.54, 1.807) is 0 Å². The summed E-state index contributed by atoms with van der Waals surface area (Å²) in [6, 6.07) is 0.380. The number of unbranched alkanes of at least 4 members (excludes halogenated alkanes) is 1. The van der Waals surface area contributed by atoms with Gasteiger partial charge in [-0.2, -0.15) is 0 Å². The van der Waals surface area contributed by atoms with Gasteiger partial charge in [0.1, 0.15) is 0 Å². The second-order valence-electron chi connectivity index (χ2n) is 6.46. The van der Waals surface area contributed by atoms with Crippen molar-refractivity contribution in [1.29, 1.82) is 0 Å². The Balaban J connectivity index is 2.46. The Morgan fingerprint density at radius 1 is 1.10 bits per heavy atom. The summed E-state index contributed by atoms with van der Waals surface area (Å²) in [6.07, 6.45) is 12.6. The molecule has 1 amide bonds. The predicted molar refractivity (Wildman–Crippen MR) is 85.9 cm³/mol. The molecule has 0 heterocycles. The minimum atomic E-state index is 0.0594. The van der Waals surface area contributed by atoms with Crippen LogP contribution in [0.2, 0.25) is 0 Å². The van der Waals surface area contributed by atoms with Gasteiger partial charge in [-0.05, 0) is 32.7 Å². The maximum atomic E-state index is 12.4. The molecule has 1 fully saturated rings. The fourth-order valence-electron chi connectivity index (χ4n) is 3.42. The quantitative estimate of drug-likeness (QED) is 0.676. The Labute approximate surface area is 125 Å². The van der Waals surface area contributed by atoms with Gasteiger partial charge in [0.05, 0.1) is 0 Å². The normalized spacial score (nSPS) is 19.6. The SMILES string of the molecule is CCCCC(CCC)NC(=O)CC1(NC)CCCCC1. The smallest absolute Gasteiger partial charge is 0.222 e. The van der Waals surface area contributed by atoms with E-state index in [4.69, 9.17) is 0 Å². The number of hydrogen-bond donors (Lipinski definition) is 2. The molecule has 0 spiro atoms. The van der Waals surface area contributed by atoms with Crippen LogP contribution in [0.3, 0.4) is 0 Å². The predicted octanol–water partition coefficient (Wildman–Crippen LogP) is 3.77. The van der Waals surface area contributed by atoms with Crippen molar-refractivity contribution in [3.63, 3.8) is 0 Å². The minimum absolute atomic E-state index is 0.0594. The summed E-state index contributed by atoms with van der Waals surface area (Å²) in [5.74, 6) is 0.246. The van der Waals surface area contributed by atoms with E-state index in [0.29, 0.717) is 12.5 Å². The molecule has 20 heavy (non-hydrogen) atoms. The molecule has 0 aliphatic heterocycles. The molecular weight excluding hydrogens is 248 g/mol. The van der Waals surface area contributed by atoms with Crippen molar-refractivity contribution >= 4 is 5.91 Å². The van der Waals surface area contributed by atoms with E-state index in [9.17, 15) is 4.79 Å². The number of amides is 1. The highest BCUT2D eigenvalue weighted by Crippen LogP contribution is 2.30. The summed E-state index contributed by atoms with van der Waals surface area (Å²) >= 11 is 0. The van der Waals surface area contributed by atoms with Crippen LogP contribution in [0.5, 0.6) is 0 Å². The summed E-state index contributed by atoms with van der Waals surface area (Å²) in [5.41, 5.74) is 0.0594. The molecule has 0 bridgehead atoms. The van der Waals surface area contributed by atoms with Crippen molar-refractivity contribution in [3.8, 4) is 0 Å². The maximum Gasteiger partial charge on any atom is 0.222 e. The topological polar surface area (TPSA) is 41.1 Å². The third kappa shape index (κ3) is 5.82. The Hall–Kier alpha value is -0.570. The van der Waals surface area contributed by atoms with Gasteiger partial charge < -0.3 is 10.6 Å². The third-order valence-corrected chi connectivity index (χ3v) is 4.75. The molecule has 1 saturated carbocycles. The third-order valence-electron chi connectivity index (χ3n) is 4.75. The first kappa shape index (κ1) is 17.5. The van der Waals surface area contributed by atoms with E-state index >= 15 is 0 Å². The van der Waals surface area contributed by atoms with Gasteiger partial charge >= 0.3 is 0 Å². The van der Waals surface area contributed by atoms with Crippen LogP contribution in [0, 0.1) is 0 Å². The number of rotatable bonds is 9. The van der Waals surface area contributed by atoms with Gasteiger partial charge in [-0.1, -0.05) is 52.4 Å². The molecular formula is C17H34N2O. The zero-order chi connectivity index (χ0) is 14.8. The monoisotopic (exact) mass is 282 g/mol. The van der Waals surface area contributed by atoms with Gasteiger partial charge in [0.15, 0.2) is 0 Å². The van der Waals surface area contributed by atoms with Crippen LogP contribution in [0.4, 0.5) is 0 Å². The summed E-state index contributed by atoms with van der Waals surface area (Å²) in [4.78, 5) is 12.4. The van der Waals surface area contributed by atoms with Crippen LogP contribution in [0.1, 0.15) is 84.5 Å². The standard InChI is InChI=1S/C17H34N2O/c1-4-6-11-15(10-5-2)19-16(20)14-17(18-3)12-8-7-9-13-17/h15,18H,4-14H2,1-3H3,(H,19,20). The second-order valence-corrected chi connectivity index (χ2v) is 6.46. The Morgan fingerprint density at radius 2 is 1.80 bits per heavy atom. The molecule has 1 aliphatic rings. The molecule has 2 N–H and O–H groups in total. The van der Waals surface area contributed by atoms with E-state index in [-0.39, 0.29) is 11.4 Å². The van der Waals surface area contributed by atoms with Gasteiger partial charge in [-0.25, -0.2) is 0 Å². The van der Waals surface area contributed by atoms with Gasteiger partial charge in [0, 0.05) is 18.0 Å². The maximum absolute atomic E-state index is 12.4. The first-order chi connectivity index (χ1) is 9.65. The summed E-state index contributed by atoms with van der Waals surface area (Å²) in [6.45, 7) is 4.41. The average Bonchev–Trinajstić information content (AvgIpc) is 2.46. The van der Waals surface area contributed by atoms with Crippen LogP contribution >= 0.6 is 0 Å². The van der Waals surface area contributed by atoms with Crippen molar-refractivity contribution < 1.29 is 4.79 Å². The summed E-state index contributed by atoms with van der Waals surface area (Å²) in [5, 5.41) is 6.72. The lowest BCUT2D eigenvalue weighted by Gasteiger charge is -2.37. The van der Waals surface area contributed by atoms with Crippen LogP contribution in [0.25, 0.3) is 0 Å². The second kappa shape index (κ2) is 9.38. The van der Waals surface area contributed by atoms with E-state index in [2.05, 4.69) is 24.5 Å². The number of hydrogen-bond acceptors (Lipinski definition) is 2. The highest BCUT2D eigenvalue weighted by atomic mass is 16.1. The van der Waals surface area contributed by atoms with E-state index in [1.165, 1.54) is 32.1 Å². The van der Waals surface area contributed by atoms with Crippen molar-refractivity contribution in [3.05, 3.63) is 0 Å².